The van der Waals surface area contributed by atoms with E-state index in [0.717, 1.165) is 48.3 Å². The number of amides is 1. The molecule has 1 aromatic heterocycles. The van der Waals surface area contributed by atoms with E-state index in [0.29, 0.717) is 5.92 Å². The number of pyridine rings is 1. The number of piperidine rings is 1. The second-order valence-corrected chi connectivity index (χ2v) is 7.49. The third kappa shape index (κ3) is 3.65. The molecular formula is C23H25N3O. The van der Waals surface area contributed by atoms with Gasteiger partial charge in [0.05, 0.1) is 0 Å². The molecule has 4 heteroatoms. The van der Waals surface area contributed by atoms with Crippen LogP contribution in [0.4, 0.5) is 5.69 Å². The number of aromatic nitrogens is 1. The summed E-state index contributed by atoms with van der Waals surface area (Å²) in [5.74, 6) is 0.416. The molecule has 0 N–H and O–H groups in total. The van der Waals surface area contributed by atoms with Crippen LogP contribution in [0.1, 0.15) is 34.8 Å². The Morgan fingerprint density at radius 2 is 1.81 bits per heavy atom. The maximum atomic E-state index is 13.0. The Hall–Kier alpha value is -2.88. The molecule has 0 saturated carbocycles. The lowest BCUT2D eigenvalue weighted by molar-refractivity contribution is 0.0706. The van der Waals surface area contributed by atoms with Crippen molar-refractivity contribution in [1.82, 2.24) is 9.88 Å². The normalized spacial score (nSPS) is 17.1. The van der Waals surface area contributed by atoms with E-state index in [9.17, 15) is 4.79 Å². The van der Waals surface area contributed by atoms with Gasteiger partial charge in [0, 0.05) is 61.6 Å². The molecule has 1 saturated heterocycles. The molecule has 1 aliphatic rings. The predicted octanol–water partition coefficient (Wildman–Crippen LogP) is 4.32. The van der Waals surface area contributed by atoms with E-state index in [1.165, 1.54) is 5.39 Å². The molecule has 0 spiro atoms. The van der Waals surface area contributed by atoms with Crippen LogP contribution in [0.25, 0.3) is 10.8 Å². The molecule has 1 fully saturated rings. The Bertz CT molecular complexity index is 949. The number of benzene rings is 2. The van der Waals surface area contributed by atoms with Gasteiger partial charge in [0.25, 0.3) is 5.91 Å². The fourth-order valence-corrected chi connectivity index (χ4v) is 3.81. The summed E-state index contributed by atoms with van der Waals surface area (Å²) in [6.07, 6.45) is 4.04. The van der Waals surface area contributed by atoms with Crippen molar-refractivity contribution in [3.8, 4) is 0 Å². The summed E-state index contributed by atoms with van der Waals surface area (Å²) in [4.78, 5) is 21.7. The topological polar surface area (TPSA) is 36.4 Å². The highest BCUT2D eigenvalue weighted by atomic mass is 16.2. The zero-order chi connectivity index (χ0) is 18.8. The van der Waals surface area contributed by atoms with Crippen molar-refractivity contribution in [2.45, 2.75) is 18.8 Å². The monoisotopic (exact) mass is 359 g/mol. The average molecular weight is 359 g/mol. The summed E-state index contributed by atoms with van der Waals surface area (Å²) >= 11 is 0. The molecule has 1 aliphatic heterocycles. The Morgan fingerprint density at radius 1 is 1.07 bits per heavy atom. The second kappa shape index (κ2) is 7.39. The van der Waals surface area contributed by atoms with Crippen LogP contribution in [-0.4, -0.2) is 43.0 Å². The lowest BCUT2D eigenvalue weighted by Crippen LogP contribution is -2.39. The maximum Gasteiger partial charge on any atom is 0.253 e. The number of hydrogen-bond donors (Lipinski definition) is 0. The highest BCUT2D eigenvalue weighted by Crippen LogP contribution is 2.28. The molecule has 0 radical (unpaired) electrons. The Morgan fingerprint density at radius 3 is 2.56 bits per heavy atom. The fourth-order valence-electron chi connectivity index (χ4n) is 3.81. The number of anilines is 1. The first-order valence-corrected chi connectivity index (χ1v) is 9.53. The lowest BCUT2D eigenvalue weighted by Gasteiger charge is -2.32. The number of nitrogens with zero attached hydrogens (tertiary/aromatic N) is 3. The second-order valence-electron chi connectivity index (χ2n) is 7.49. The van der Waals surface area contributed by atoms with E-state index in [4.69, 9.17) is 0 Å². The molecule has 27 heavy (non-hydrogen) atoms. The third-order valence-electron chi connectivity index (χ3n) is 5.41. The van der Waals surface area contributed by atoms with Gasteiger partial charge in [-0.1, -0.05) is 24.3 Å². The average Bonchev–Trinajstić information content (AvgIpc) is 2.73. The van der Waals surface area contributed by atoms with Gasteiger partial charge in [0.15, 0.2) is 0 Å². The molecule has 2 aromatic carbocycles. The highest BCUT2D eigenvalue weighted by Gasteiger charge is 2.26. The SMILES string of the molecule is CN(C)c1ccc(C(=O)N2CCCC(c3cc4ccccc4cn3)C2)cc1. The van der Waals surface area contributed by atoms with Crippen LogP contribution in [0.2, 0.25) is 0 Å². The Balaban J connectivity index is 1.52. The molecule has 4 rings (SSSR count). The van der Waals surface area contributed by atoms with E-state index in [2.05, 4.69) is 29.2 Å². The molecule has 4 nitrogen and oxygen atoms in total. The van der Waals surface area contributed by atoms with Gasteiger partial charge < -0.3 is 9.80 Å². The summed E-state index contributed by atoms with van der Waals surface area (Å²) in [5.41, 5.74) is 2.95. The molecule has 0 bridgehead atoms. The Labute approximate surface area is 160 Å². The van der Waals surface area contributed by atoms with E-state index in [1.807, 2.05) is 60.4 Å². The van der Waals surface area contributed by atoms with Gasteiger partial charge in [-0.2, -0.15) is 0 Å². The summed E-state index contributed by atoms with van der Waals surface area (Å²) < 4.78 is 0. The van der Waals surface area contributed by atoms with E-state index in [-0.39, 0.29) is 5.91 Å². The van der Waals surface area contributed by atoms with Crippen LogP contribution in [0.3, 0.4) is 0 Å². The van der Waals surface area contributed by atoms with Crippen molar-refractivity contribution < 1.29 is 4.79 Å². The maximum absolute atomic E-state index is 13.0. The van der Waals surface area contributed by atoms with E-state index < -0.39 is 0 Å². The first kappa shape index (κ1) is 17.5. The van der Waals surface area contributed by atoms with Gasteiger partial charge >= 0.3 is 0 Å². The zero-order valence-corrected chi connectivity index (χ0v) is 15.9. The van der Waals surface area contributed by atoms with Crippen molar-refractivity contribution in [2.24, 2.45) is 0 Å². The minimum absolute atomic E-state index is 0.116. The highest BCUT2D eigenvalue weighted by molar-refractivity contribution is 5.94. The van der Waals surface area contributed by atoms with Crippen molar-refractivity contribution in [3.63, 3.8) is 0 Å². The summed E-state index contributed by atoms with van der Waals surface area (Å²) in [6, 6.07) is 18.3. The number of fused-ring (bicyclic) bond motifs is 1. The van der Waals surface area contributed by atoms with Gasteiger partial charge in [0.2, 0.25) is 0 Å². The minimum Gasteiger partial charge on any atom is -0.378 e. The first-order valence-electron chi connectivity index (χ1n) is 9.53. The number of rotatable bonds is 3. The minimum atomic E-state index is 0.116. The standard InChI is InChI=1S/C23H25N3O/c1-25(2)21-11-9-17(10-12-21)23(27)26-13-5-8-20(16-26)22-14-18-6-3-4-7-19(18)15-24-22/h3-4,6-7,9-12,14-15,20H,5,8,13,16H2,1-2H3. The molecule has 1 atom stereocenters. The van der Waals surface area contributed by atoms with Crippen molar-refractivity contribution in [3.05, 3.63) is 72.1 Å². The quantitative estimate of drug-likeness (QED) is 0.699. The summed E-state index contributed by atoms with van der Waals surface area (Å²) in [6.45, 7) is 1.55. The van der Waals surface area contributed by atoms with Crippen LogP contribution in [0, 0.1) is 0 Å². The summed E-state index contributed by atoms with van der Waals surface area (Å²) in [7, 11) is 4.01. The van der Waals surface area contributed by atoms with Crippen LogP contribution in [-0.2, 0) is 0 Å². The fraction of sp³-hybridized carbons (Fsp3) is 0.304. The van der Waals surface area contributed by atoms with E-state index >= 15 is 0 Å². The molecule has 1 unspecified atom stereocenters. The zero-order valence-electron chi connectivity index (χ0n) is 15.9. The van der Waals surface area contributed by atoms with Crippen LogP contribution < -0.4 is 4.90 Å². The molecule has 3 aromatic rings. The summed E-state index contributed by atoms with van der Waals surface area (Å²) in [5, 5.41) is 2.37. The molecular weight excluding hydrogens is 334 g/mol. The Kier molecular flexibility index (Phi) is 4.80. The number of carbonyl (C=O) groups excluding carboxylic acids is 1. The molecule has 0 aliphatic carbocycles. The van der Waals surface area contributed by atoms with Crippen LogP contribution in [0.5, 0.6) is 0 Å². The number of likely N-dealkylation sites (tertiary alicyclic amines) is 1. The van der Waals surface area contributed by atoms with Crippen LogP contribution in [0.15, 0.2) is 60.8 Å². The van der Waals surface area contributed by atoms with Gasteiger partial charge in [0.1, 0.15) is 0 Å². The lowest BCUT2D eigenvalue weighted by atomic mass is 9.93. The van der Waals surface area contributed by atoms with Crippen LogP contribution >= 0.6 is 0 Å². The predicted molar refractivity (Wildman–Crippen MR) is 110 cm³/mol. The molecule has 1 amide bonds. The van der Waals surface area contributed by atoms with Gasteiger partial charge in [-0.25, -0.2) is 0 Å². The molecule has 138 valence electrons. The van der Waals surface area contributed by atoms with Crippen molar-refractivity contribution in [2.75, 3.05) is 32.1 Å². The molecule has 2 heterocycles. The van der Waals surface area contributed by atoms with Crippen molar-refractivity contribution >= 4 is 22.4 Å². The van der Waals surface area contributed by atoms with Gasteiger partial charge in [-0.15, -0.1) is 0 Å². The first-order chi connectivity index (χ1) is 13.1. The third-order valence-corrected chi connectivity index (χ3v) is 5.41. The largest absolute Gasteiger partial charge is 0.378 e. The van der Waals surface area contributed by atoms with Gasteiger partial charge in [-0.3, -0.25) is 9.78 Å². The number of carbonyl (C=O) groups is 1. The van der Waals surface area contributed by atoms with Gasteiger partial charge in [-0.05, 0) is 48.6 Å². The van der Waals surface area contributed by atoms with Crippen molar-refractivity contribution in [1.29, 1.82) is 0 Å². The van der Waals surface area contributed by atoms with E-state index in [1.54, 1.807) is 0 Å². The smallest absolute Gasteiger partial charge is 0.253 e. The number of hydrogen-bond acceptors (Lipinski definition) is 3.